The number of benzene rings is 3. The standard InChI is InChI=1S/C30H26F6O2/c1-2-3-4-5-19-10-12-21(27(33)25(19)31)17-6-8-18(9-7-17)22-13-11-20(26(32)28(22)34)16-38-24-15-14-23(37)29(35)30(24)36/h2-3,8,10-15,17,37H,4-7,9,16H2,1H3/b3-2+. The van der Waals surface area contributed by atoms with Crippen molar-refractivity contribution in [3.8, 4) is 11.5 Å². The molecule has 1 N–H and O–H groups in total. The first kappa shape index (κ1) is 27.4. The van der Waals surface area contributed by atoms with Gasteiger partial charge in [-0.2, -0.15) is 8.78 Å². The van der Waals surface area contributed by atoms with E-state index in [2.05, 4.69) is 0 Å². The molecule has 8 heteroatoms. The highest BCUT2D eigenvalue weighted by Crippen LogP contribution is 2.39. The van der Waals surface area contributed by atoms with E-state index >= 15 is 0 Å². The second-order valence-corrected chi connectivity index (χ2v) is 9.15. The minimum Gasteiger partial charge on any atom is -0.505 e. The van der Waals surface area contributed by atoms with Crippen LogP contribution in [0.4, 0.5) is 26.3 Å². The van der Waals surface area contributed by atoms with Crippen LogP contribution in [0.1, 0.15) is 60.8 Å². The molecule has 0 saturated carbocycles. The number of allylic oxidation sites excluding steroid dienone is 4. The first-order valence-corrected chi connectivity index (χ1v) is 12.3. The minimum atomic E-state index is -1.50. The van der Waals surface area contributed by atoms with Crippen LogP contribution in [0.15, 0.2) is 54.6 Å². The SMILES string of the molecule is C/C=C/CCc1ccc(C2CC=C(c3ccc(COc4ccc(O)c(F)c4F)c(F)c3F)CC2)c(F)c1F. The maximum atomic E-state index is 14.9. The number of phenols is 1. The van der Waals surface area contributed by atoms with Gasteiger partial charge in [-0.1, -0.05) is 42.5 Å². The Hall–Kier alpha value is -3.68. The summed E-state index contributed by atoms with van der Waals surface area (Å²) >= 11 is 0. The van der Waals surface area contributed by atoms with Crippen LogP contribution in [0.2, 0.25) is 0 Å². The van der Waals surface area contributed by atoms with Crippen LogP contribution in [0, 0.1) is 34.9 Å². The molecule has 2 nitrogen and oxygen atoms in total. The molecule has 3 aromatic carbocycles. The molecule has 0 aliphatic heterocycles. The van der Waals surface area contributed by atoms with Crippen molar-refractivity contribution in [2.75, 3.05) is 0 Å². The number of rotatable bonds is 8. The van der Waals surface area contributed by atoms with Crippen LogP contribution in [-0.2, 0) is 13.0 Å². The smallest absolute Gasteiger partial charge is 0.204 e. The summed E-state index contributed by atoms with van der Waals surface area (Å²) in [6.45, 7) is 1.29. The van der Waals surface area contributed by atoms with E-state index in [1.165, 1.54) is 12.1 Å². The van der Waals surface area contributed by atoms with Crippen LogP contribution in [0.25, 0.3) is 5.57 Å². The lowest BCUT2D eigenvalue weighted by atomic mass is 9.82. The largest absolute Gasteiger partial charge is 0.505 e. The molecule has 3 aromatic rings. The van der Waals surface area contributed by atoms with Gasteiger partial charge in [0.1, 0.15) is 6.61 Å². The van der Waals surface area contributed by atoms with Crippen LogP contribution in [0.5, 0.6) is 11.5 Å². The maximum absolute atomic E-state index is 14.9. The summed E-state index contributed by atoms with van der Waals surface area (Å²) in [4.78, 5) is 0. The van der Waals surface area contributed by atoms with E-state index in [-0.39, 0.29) is 22.6 Å². The zero-order valence-electron chi connectivity index (χ0n) is 20.6. The number of ether oxygens (including phenoxy) is 1. The van der Waals surface area contributed by atoms with Crippen LogP contribution in [-0.4, -0.2) is 5.11 Å². The van der Waals surface area contributed by atoms with Crippen molar-refractivity contribution in [2.24, 2.45) is 0 Å². The molecule has 0 fully saturated rings. The summed E-state index contributed by atoms with van der Waals surface area (Å²) in [6.07, 6.45) is 7.55. The molecule has 1 aliphatic rings. The van der Waals surface area contributed by atoms with Crippen molar-refractivity contribution >= 4 is 5.57 Å². The maximum Gasteiger partial charge on any atom is 0.204 e. The van der Waals surface area contributed by atoms with Crippen molar-refractivity contribution in [1.29, 1.82) is 0 Å². The van der Waals surface area contributed by atoms with E-state index < -0.39 is 53.0 Å². The molecule has 1 atom stereocenters. The fourth-order valence-electron chi connectivity index (χ4n) is 4.62. The molecule has 0 amide bonds. The van der Waals surface area contributed by atoms with Gasteiger partial charge in [-0.3, -0.25) is 0 Å². The summed E-state index contributed by atoms with van der Waals surface area (Å²) in [5.41, 5.74) is 0.958. The van der Waals surface area contributed by atoms with Crippen LogP contribution in [0.3, 0.4) is 0 Å². The second kappa shape index (κ2) is 11.8. The fraction of sp³-hybridized carbons (Fsp3) is 0.267. The van der Waals surface area contributed by atoms with Crippen molar-refractivity contribution in [3.05, 3.63) is 112 Å². The van der Waals surface area contributed by atoms with Crippen molar-refractivity contribution in [1.82, 2.24) is 0 Å². The van der Waals surface area contributed by atoms with Gasteiger partial charge in [0, 0.05) is 11.1 Å². The van der Waals surface area contributed by atoms with Gasteiger partial charge in [0.25, 0.3) is 0 Å². The topological polar surface area (TPSA) is 29.5 Å². The van der Waals surface area contributed by atoms with Gasteiger partial charge in [0.2, 0.25) is 11.6 Å². The van der Waals surface area contributed by atoms with Gasteiger partial charge in [0.15, 0.2) is 34.8 Å². The summed E-state index contributed by atoms with van der Waals surface area (Å²) in [7, 11) is 0. The predicted octanol–water partition coefficient (Wildman–Crippen LogP) is 8.67. The average molecular weight is 533 g/mol. The van der Waals surface area contributed by atoms with Gasteiger partial charge in [-0.05, 0) is 73.8 Å². The fourth-order valence-corrected chi connectivity index (χ4v) is 4.62. The van der Waals surface area contributed by atoms with E-state index in [0.717, 1.165) is 12.1 Å². The molecule has 4 rings (SSSR count). The predicted molar refractivity (Wildman–Crippen MR) is 133 cm³/mol. The molecule has 0 radical (unpaired) electrons. The third kappa shape index (κ3) is 5.59. The van der Waals surface area contributed by atoms with Gasteiger partial charge in [0.05, 0.1) is 0 Å². The highest BCUT2D eigenvalue weighted by Gasteiger charge is 2.25. The lowest BCUT2D eigenvalue weighted by molar-refractivity contribution is 0.274. The first-order valence-electron chi connectivity index (χ1n) is 12.3. The Morgan fingerprint density at radius 1 is 0.842 bits per heavy atom. The molecule has 0 spiro atoms. The minimum absolute atomic E-state index is 0.0394. The molecular formula is C30H26F6O2. The second-order valence-electron chi connectivity index (χ2n) is 9.15. The molecule has 0 aromatic heterocycles. The normalized spacial score (nSPS) is 15.7. The Labute approximate surface area is 216 Å². The summed E-state index contributed by atoms with van der Waals surface area (Å²) < 4.78 is 91.5. The number of hydrogen-bond donors (Lipinski definition) is 1. The summed E-state index contributed by atoms with van der Waals surface area (Å²) in [5, 5.41) is 9.18. The van der Waals surface area contributed by atoms with E-state index in [0.29, 0.717) is 43.2 Å². The van der Waals surface area contributed by atoms with Gasteiger partial charge < -0.3 is 9.84 Å². The highest BCUT2D eigenvalue weighted by atomic mass is 19.2. The first-order chi connectivity index (χ1) is 18.2. The number of aryl methyl sites for hydroxylation is 1. The molecule has 38 heavy (non-hydrogen) atoms. The van der Waals surface area contributed by atoms with Crippen LogP contribution < -0.4 is 4.74 Å². The van der Waals surface area contributed by atoms with E-state index in [4.69, 9.17) is 4.74 Å². The molecule has 0 saturated heterocycles. The third-order valence-corrected chi connectivity index (χ3v) is 6.78. The Bertz CT molecular complexity index is 1400. The van der Waals surface area contributed by atoms with E-state index in [1.807, 2.05) is 19.1 Å². The van der Waals surface area contributed by atoms with E-state index in [1.54, 1.807) is 18.2 Å². The number of hydrogen-bond acceptors (Lipinski definition) is 2. The number of aromatic hydroxyl groups is 1. The van der Waals surface area contributed by atoms with Gasteiger partial charge in [-0.25, -0.2) is 17.6 Å². The molecule has 0 heterocycles. The lowest BCUT2D eigenvalue weighted by Crippen LogP contribution is -2.10. The van der Waals surface area contributed by atoms with E-state index in [9.17, 15) is 31.4 Å². The Morgan fingerprint density at radius 3 is 2.29 bits per heavy atom. The summed E-state index contributed by atoms with van der Waals surface area (Å²) in [5.74, 6) is -8.70. The molecular weight excluding hydrogens is 506 g/mol. The number of phenolic OH excluding ortho intramolecular Hbond substituents is 1. The monoisotopic (exact) mass is 532 g/mol. The van der Waals surface area contributed by atoms with Gasteiger partial charge in [-0.15, -0.1) is 0 Å². The molecule has 200 valence electrons. The zero-order valence-corrected chi connectivity index (χ0v) is 20.6. The Morgan fingerprint density at radius 2 is 1.58 bits per heavy atom. The Kier molecular flexibility index (Phi) is 8.49. The van der Waals surface area contributed by atoms with Crippen LogP contribution >= 0.6 is 0 Å². The Balaban J connectivity index is 1.47. The molecule has 1 aliphatic carbocycles. The lowest BCUT2D eigenvalue weighted by Gasteiger charge is -2.24. The summed E-state index contributed by atoms with van der Waals surface area (Å²) in [6, 6.07) is 7.73. The molecule has 1 unspecified atom stereocenters. The van der Waals surface area contributed by atoms with Gasteiger partial charge >= 0.3 is 0 Å². The zero-order chi connectivity index (χ0) is 27.4. The van der Waals surface area contributed by atoms with Crippen molar-refractivity contribution in [3.63, 3.8) is 0 Å². The third-order valence-electron chi connectivity index (χ3n) is 6.78. The quantitative estimate of drug-likeness (QED) is 0.232. The highest BCUT2D eigenvalue weighted by molar-refractivity contribution is 5.67. The number of halogens is 6. The average Bonchev–Trinajstić information content (AvgIpc) is 2.92. The van der Waals surface area contributed by atoms with Crippen molar-refractivity contribution in [2.45, 2.75) is 51.6 Å². The van der Waals surface area contributed by atoms with Crippen molar-refractivity contribution < 1.29 is 36.2 Å². The molecule has 0 bridgehead atoms.